The molecule has 1 rings (SSSR count). The van der Waals surface area contributed by atoms with Gasteiger partial charge in [0.25, 0.3) is 0 Å². The summed E-state index contributed by atoms with van der Waals surface area (Å²) in [5.41, 5.74) is 4.47. The lowest BCUT2D eigenvalue weighted by Crippen LogP contribution is -2.01. The van der Waals surface area contributed by atoms with Gasteiger partial charge in [-0.1, -0.05) is 17.7 Å². The molecular weight excluding hydrogens is 148 g/mol. The second kappa shape index (κ2) is 3.39. The zero-order valence-electron chi connectivity index (χ0n) is 7.76. The van der Waals surface area contributed by atoms with Gasteiger partial charge in [0.2, 0.25) is 0 Å². The molecule has 0 fully saturated rings. The van der Waals surface area contributed by atoms with E-state index in [1.165, 1.54) is 11.1 Å². The van der Waals surface area contributed by atoms with Gasteiger partial charge in [0.1, 0.15) is 0 Å². The van der Waals surface area contributed by atoms with E-state index in [4.69, 9.17) is 5.84 Å². The van der Waals surface area contributed by atoms with Crippen molar-refractivity contribution in [2.24, 2.45) is 10.9 Å². The summed E-state index contributed by atoms with van der Waals surface area (Å²) in [6, 6.07) is 6.27. The summed E-state index contributed by atoms with van der Waals surface area (Å²) in [6.45, 7) is 6.04. The molecule has 2 heteroatoms. The minimum absolute atomic E-state index is 0.885. The highest BCUT2D eigenvalue weighted by atomic mass is 15.1. The van der Waals surface area contributed by atoms with E-state index in [1.54, 1.807) is 0 Å². The highest BCUT2D eigenvalue weighted by Crippen LogP contribution is 2.11. The van der Waals surface area contributed by atoms with E-state index >= 15 is 0 Å². The normalized spacial score (nSPS) is 11.8. The Kier molecular flexibility index (Phi) is 2.48. The SMILES string of the molecule is C/C(=N/N)c1cc(C)ccc1C. The van der Waals surface area contributed by atoms with Gasteiger partial charge in [0.15, 0.2) is 0 Å². The number of benzene rings is 1. The van der Waals surface area contributed by atoms with Crippen LogP contribution in [0.15, 0.2) is 23.3 Å². The van der Waals surface area contributed by atoms with Crippen molar-refractivity contribution in [3.8, 4) is 0 Å². The Morgan fingerprint density at radius 3 is 2.58 bits per heavy atom. The Balaban J connectivity index is 3.23. The second-order valence-electron chi connectivity index (χ2n) is 3.03. The maximum absolute atomic E-state index is 5.21. The standard InChI is InChI=1S/C10H14N2/c1-7-4-5-8(2)10(6-7)9(3)12-11/h4-6H,11H2,1-3H3/b12-9-. The van der Waals surface area contributed by atoms with Crippen LogP contribution in [0.2, 0.25) is 0 Å². The summed E-state index contributed by atoms with van der Waals surface area (Å²) in [5, 5.41) is 3.68. The largest absolute Gasteiger partial charge is 0.323 e. The van der Waals surface area contributed by atoms with Crippen molar-refractivity contribution in [3.63, 3.8) is 0 Å². The number of hydrogen-bond donors (Lipinski definition) is 1. The van der Waals surface area contributed by atoms with Crippen LogP contribution < -0.4 is 5.84 Å². The molecule has 0 heterocycles. The van der Waals surface area contributed by atoms with Crippen LogP contribution in [0, 0.1) is 13.8 Å². The lowest BCUT2D eigenvalue weighted by molar-refractivity contribution is 1.23. The van der Waals surface area contributed by atoms with Crippen LogP contribution in [0.3, 0.4) is 0 Å². The van der Waals surface area contributed by atoms with Crippen LogP contribution in [0.25, 0.3) is 0 Å². The van der Waals surface area contributed by atoms with Crippen molar-refractivity contribution in [1.82, 2.24) is 0 Å². The van der Waals surface area contributed by atoms with Crippen LogP contribution >= 0.6 is 0 Å². The lowest BCUT2D eigenvalue weighted by Gasteiger charge is -2.04. The van der Waals surface area contributed by atoms with Gasteiger partial charge < -0.3 is 5.84 Å². The molecule has 0 bridgehead atoms. The first kappa shape index (κ1) is 8.78. The summed E-state index contributed by atoms with van der Waals surface area (Å²) in [6.07, 6.45) is 0. The molecule has 0 unspecified atom stereocenters. The smallest absolute Gasteiger partial charge is 0.0644 e. The number of nitrogens with two attached hydrogens (primary N) is 1. The van der Waals surface area contributed by atoms with Gasteiger partial charge in [-0.15, -0.1) is 0 Å². The van der Waals surface area contributed by atoms with Crippen molar-refractivity contribution in [1.29, 1.82) is 0 Å². The van der Waals surface area contributed by atoms with Crippen LogP contribution in [0.1, 0.15) is 23.6 Å². The van der Waals surface area contributed by atoms with Crippen LogP contribution in [0.4, 0.5) is 0 Å². The molecule has 0 spiro atoms. The number of hydrazone groups is 1. The molecule has 0 saturated carbocycles. The molecule has 12 heavy (non-hydrogen) atoms. The Morgan fingerprint density at radius 2 is 2.00 bits per heavy atom. The molecule has 0 aliphatic rings. The maximum atomic E-state index is 5.21. The fourth-order valence-corrected chi connectivity index (χ4v) is 1.20. The molecule has 1 aromatic rings. The molecule has 0 aromatic heterocycles. The van der Waals surface area contributed by atoms with Crippen molar-refractivity contribution < 1.29 is 0 Å². The van der Waals surface area contributed by atoms with E-state index in [9.17, 15) is 0 Å². The number of nitrogens with zero attached hydrogens (tertiary/aromatic N) is 1. The van der Waals surface area contributed by atoms with Gasteiger partial charge in [-0.3, -0.25) is 0 Å². The molecule has 0 atom stereocenters. The fourth-order valence-electron chi connectivity index (χ4n) is 1.20. The minimum atomic E-state index is 0.885. The van der Waals surface area contributed by atoms with Crippen LogP contribution in [-0.2, 0) is 0 Å². The van der Waals surface area contributed by atoms with Crippen molar-refractivity contribution >= 4 is 5.71 Å². The van der Waals surface area contributed by atoms with Gasteiger partial charge in [0, 0.05) is 5.56 Å². The first-order chi connectivity index (χ1) is 5.65. The monoisotopic (exact) mass is 162 g/mol. The molecule has 0 aliphatic heterocycles. The molecule has 2 nitrogen and oxygen atoms in total. The van der Waals surface area contributed by atoms with Crippen molar-refractivity contribution in [3.05, 3.63) is 34.9 Å². The summed E-state index contributed by atoms with van der Waals surface area (Å²) in [5.74, 6) is 5.21. The quantitative estimate of drug-likeness (QED) is 0.383. The highest BCUT2D eigenvalue weighted by molar-refractivity contribution is 5.99. The van der Waals surface area contributed by atoms with Gasteiger partial charge in [0.05, 0.1) is 5.71 Å². The average Bonchev–Trinajstić information content (AvgIpc) is 2.08. The van der Waals surface area contributed by atoms with E-state index in [1.807, 2.05) is 6.92 Å². The van der Waals surface area contributed by atoms with Gasteiger partial charge in [-0.05, 0) is 32.4 Å². The summed E-state index contributed by atoms with van der Waals surface area (Å²) >= 11 is 0. The first-order valence-corrected chi connectivity index (χ1v) is 3.97. The predicted molar refractivity (Wildman–Crippen MR) is 52.3 cm³/mol. The molecule has 1 aromatic carbocycles. The average molecular weight is 162 g/mol. The molecule has 2 N–H and O–H groups in total. The van der Waals surface area contributed by atoms with Crippen molar-refractivity contribution in [2.45, 2.75) is 20.8 Å². The third kappa shape index (κ3) is 1.64. The molecule has 0 amide bonds. The molecule has 0 aliphatic carbocycles. The second-order valence-corrected chi connectivity index (χ2v) is 3.03. The molecular formula is C10H14N2. The van der Waals surface area contributed by atoms with Gasteiger partial charge >= 0.3 is 0 Å². The number of rotatable bonds is 1. The molecule has 0 saturated heterocycles. The third-order valence-corrected chi connectivity index (χ3v) is 1.98. The predicted octanol–water partition coefficient (Wildman–Crippen LogP) is 1.99. The Bertz CT molecular complexity index is 314. The third-order valence-electron chi connectivity index (χ3n) is 1.98. The number of aryl methyl sites for hydroxylation is 2. The fraction of sp³-hybridized carbons (Fsp3) is 0.300. The molecule has 0 radical (unpaired) electrons. The Hall–Kier alpha value is -1.31. The minimum Gasteiger partial charge on any atom is -0.323 e. The zero-order chi connectivity index (χ0) is 9.14. The van der Waals surface area contributed by atoms with E-state index in [0.29, 0.717) is 0 Å². The van der Waals surface area contributed by atoms with Crippen LogP contribution in [0.5, 0.6) is 0 Å². The topological polar surface area (TPSA) is 38.4 Å². The van der Waals surface area contributed by atoms with E-state index < -0.39 is 0 Å². The van der Waals surface area contributed by atoms with Gasteiger partial charge in [-0.2, -0.15) is 5.10 Å². The highest BCUT2D eigenvalue weighted by Gasteiger charge is 2.00. The van der Waals surface area contributed by atoms with E-state index in [2.05, 4.69) is 37.1 Å². The summed E-state index contributed by atoms with van der Waals surface area (Å²) in [7, 11) is 0. The summed E-state index contributed by atoms with van der Waals surface area (Å²) < 4.78 is 0. The van der Waals surface area contributed by atoms with Crippen LogP contribution in [-0.4, -0.2) is 5.71 Å². The first-order valence-electron chi connectivity index (χ1n) is 3.97. The summed E-state index contributed by atoms with van der Waals surface area (Å²) in [4.78, 5) is 0. The zero-order valence-corrected chi connectivity index (χ0v) is 7.76. The van der Waals surface area contributed by atoms with Crippen molar-refractivity contribution in [2.75, 3.05) is 0 Å². The van der Waals surface area contributed by atoms with E-state index in [-0.39, 0.29) is 0 Å². The lowest BCUT2D eigenvalue weighted by atomic mass is 10.0. The van der Waals surface area contributed by atoms with E-state index in [0.717, 1.165) is 11.3 Å². The molecule has 64 valence electrons. The Morgan fingerprint density at radius 1 is 1.33 bits per heavy atom. The number of hydrogen-bond acceptors (Lipinski definition) is 2. The van der Waals surface area contributed by atoms with Gasteiger partial charge in [-0.25, -0.2) is 0 Å². The Labute approximate surface area is 73.1 Å². The maximum Gasteiger partial charge on any atom is 0.0644 e.